The largest absolute Gasteiger partial charge is 0.478 e. The van der Waals surface area contributed by atoms with Gasteiger partial charge < -0.3 is 15.3 Å². The van der Waals surface area contributed by atoms with Crippen molar-refractivity contribution in [2.24, 2.45) is 56.7 Å². The molecule has 5 aliphatic carbocycles. The van der Waals surface area contributed by atoms with E-state index in [4.69, 9.17) is 0 Å². The third-order valence-corrected chi connectivity index (χ3v) is 16.9. The summed E-state index contributed by atoms with van der Waals surface area (Å²) < 4.78 is 0. The predicted molar refractivity (Wildman–Crippen MR) is 203 cm³/mol. The number of benzene rings is 1. The number of carboxylic acid groups (broad SMARTS) is 1. The Bertz CT molecular complexity index is 1460. The van der Waals surface area contributed by atoms with Crippen molar-refractivity contribution in [2.45, 2.75) is 99.3 Å². The van der Waals surface area contributed by atoms with Crippen molar-refractivity contribution in [1.82, 2.24) is 15.1 Å². The topological polar surface area (TPSA) is 55.8 Å². The number of hydrogen-bond acceptors (Lipinski definition) is 4. The average molecular weight is 670 g/mol. The number of rotatable bonds is 8. The lowest BCUT2D eigenvalue weighted by molar-refractivity contribution is -0.225. The Morgan fingerprint density at radius 3 is 2.29 bits per heavy atom. The second kappa shape index (κ2) is 12.6. The number of likely N-dealkylation sites (N-methyl/N-ethyl adjacent to an activating group) is 1. The number of allylic oxidation sites excluding steroid dienone is 3. The van der Waals surface area contributed by atoms with Crippen LogP contribution in [0.25, 0.3) is 5.57 Å². The van der Waals surface area contributed by atoms with E-state index in [1.54, 1.807) is 12.1 Å². The zero-order chi connectivity index (χ0) is 35.0. The van der Waals surface area contributed by atoms with Crippen LogP contribution in [0.15, 0.2) is 42.5 Å². The molecule has 1 aromatic carbocycles. The molecule has 9 atom stereocenters. The van der Waals surface area contributed by atoms with Gasteiger partial charge in [-0.1, -0.05) is 65.0 Å². The van der Waals surface area contributed by atoms with Crippen molar-refractivity contribution >= 4 is 11.5 Å². The molecule has 5 heteroatoms. The Morgan fingerprint density at radius 1 is 0.898 bits per heavy atom. The molecule has 0 unspecified atom stereocenters. The quantitative estimate of drug-likeness (QED) is 0.214. The first-order valence-electron chi connectivity index (χ1n) is 20.0. The summed E-state index contributed by atoms with van der Waals surface area (Å²) in [6.45, 7) is 28.5. The molecule has 2 N–H and O–H groups in total. The van der Waals surface area contributed by atoms with Gasteiger partial charge in [0.05, 0.1) is 5.56 Å². The summed E-state index contributed by atoms with van der Waals surface area (Å²) in [6.07, 6.45) is 14.5. The van der Waals surface area contributed by atoms with Gasteiger partial charge in [0.15, 0.2) is 0 Å². The highest BCUT2D eigenvalue weighted by Crippen LogP contribution is 2.77. The van der Waals surface area contributed by atoms with Gasteiger partial charge in [-0.2, -0.15) is 0 Å². The number of hydrogen-bond donors (Lipinski definition) is 2. The average Bonchev–Trinajstić information content (AvgIpc) is 3.44. The third kappa shape index (κ3) is 5.54. The maximum atomic E-state index is 11.6. The predicted octanol–water partition coefficient (Wildman–Crippen LogP) is 8.87. The molecular weight excluding hydrogens is 603 g/mol. The van der Waals surface area contributed by atoms with Crippen LogP contribution in [0.5, 0.6) is 0 Å². The monoisotopic (exact) mass is 670 g/mol. The number of piperazine rings is 1. The van der Waals surface area contributed by atoms with Crippen LogP contribution < -0.4 is 5.32 Å². The van der Waals surface area contributed by atoms with Crippen molar-refractivity contribution in [1.29, 1.82) is 0 Å². The van der Waals surface area contributed by atoms with Crippen molar-refractivity contribution in [2.75, 3.05) is 52.9 Å². The van der Waals surface area contributed by atoms with E-state index in [0.717, 1.165) is 30.7 Å². The maximum absolute atomic E-state index is 11.6. The fraction of sp³-hybridized carbons (Fsp3) is 0.750. The minimum Gasteiger partial charge on any atom is -0.478 e. The summed E-state index contributed by atoms with van der Waals surface area (Å²) in [4.78, 5) is 16.7. The van der Waals surface area contributed by atoms with E-state index in [2.05, 4.69) is 76.4 Å². The Morgan fingerprint density at radius 2 is 1.61 bits per heavy atom. The number of aromatic carboxylic acids is 1. The SMILES string of the molecule is C=C(C)[C@@H]1CC[C@]2(CNCCN3CCN(C)CC3)CC[C@]3(C)[C@H](CC[C@@H]4[C@@]5(C)CC=C(c6ccc(C(=O)O)cc6)C(C)(C)[C@@H]5CC[C@]43C)[C@@H]12. The molecule has 1 saturated heterocycles. The molecule has 270 valence electrons. The summed E-state index contributed by atoms with van der Waals surface area (Å²) in [7, 11) is 2.25. The molecule has 1 heterocycles. The molecule has 4 saturated carbocycles. The van der Waals surface area contributed by atoms with Gasteiger partial charge in [0.2, 0.25) is 0 Å². The summed E-state index contributed by atoms with van der Waals surface area (Å²) in [6, 6.07) is 7.67. The van der Waals surface area contributed by atoms with E-state index < -0.39 is 5.97 Å². The minimum absolute atomic E-state index is 0.0465. The molecule has 6 aliphatic rings. The molecule has 0 spiro atoms. The Labute approximate surface area is 298 Å². The fourth-order valence-corrected chi connectivity index (χ4v) is 14.1. The highest BCUT2D eigenvalue weighted by molar-refractivity contribution is 5.88. The standard InChI is InChI=1S/C44H67N3O2/c1-30(2)33-15-20-44(29-45-23-24-47-27-25-46(8)26-28-47)22-21-42(6)35(38(33)44)13-14-37-41(5)18-16-34(31-9-11-32(12-10-31)39(48)49)40(3,4)36(41)17-19-43(37,42)7/h9-12,16,33,35-38,45H,1,13-15,17-29H2,2-8H3,(H,48,49)/t33-,35+,36-,37+,38+,41-,42+,43+,44+/m0/s1. The van der Waals surface area contributed by atoms with Crippen molar-refractivity contribution in [3.8, 4) is 0 Å². The molecule has 5 nitrogen and oxygen atoms in total. The normalized spacial score (nSPS) is 41.9. The van der Waals surface area contributed by atoms with Gasteiger partial charge in [0, 0.05) is 45.8 Å². The van der Waals surface area contributed by atoms with Gasteiger partial charge >= 0.3 is 5.97 Å². The highest BCUT2D eigenvalue weighted by atomic mass is 16.4. The molecule has 49 heavy (non-hydrogen) atoms. The van der Waals surface area contributed by atoms with Crippen LogP contribution in [-0.4, -0.2) is 73.7 Å². The van der Waals surface area contributed by atoms with Gasteiger partial charge in [0.25, 0.3) is 0 Å². The highest BCUT2D eigenvalue weighted by Gasteiger charge is 2.70. The molecule has 0 radical (unpaired) electrons. The molecular formula is C44H67N3O2. The molecule has 0 bridgehead atoms. The van der Waals surface area contributed by atoms with Gasteiger partial charge in [0.1, 0.15) is 0 Å². The zero-order valence-electron chi connectivity index (χ0n) is 32.0. The summed E-state index contributed by atoms with van der Waals surface area (Å²) in [5, 5.41) is 13.6. The van der Waals surface area contributed by atoms with E-state index in [0.29, 0.717) is 33.6 Å². The lowest BCUT2D eigenvalue weighted by Crippen LogP contribution is -2.66. The van der Waals surface area contributed by atoms with Gasteiger partial charge in [-0.05, 0) is 152 Å². The van der Waals surface area contributed by atoms with Gasteiger partial charge in [-0.15, -0.1) is 0 Å². The maximum Gasteiger partial charge on any atom is 0.335 e. The molecule has 0 aromatic heterocycles. The minimum atomic E-state index is -0.851. The summed E-state index contributed by atoms with van der Waals surface area (Å²) >= 11 is 0. The van der Waals surface area contributed by atoms with Crippen LogP contribution in [0, 0.1) is 56.7 Å². The van der Waals surface area contributed by atoms with Crippen LogP contribution in [0.4, 0.5) is 0 Å². The zero-order valence-corrected chi connectivity index (χ0v) is 32.0. The molecule has 1 aliphatic heterocycles. The number of carbonyl (C=O) groups is 1. The number of carboxylic acids is 1. The third-order valence-electron chi connectivity index (χ3n) is 16.9. The lowest BCUT2D eigenvalue weighted by Gasteiger charge is -2.72. The number of nitrogens with zero attached hydrogens (tertiary/aromatic N) is 2. The molecule has 5 fully saturated rings. The molecule has 1 aromatic rings. The first-order valence-corrected chi connectivity index (χ1v) is 20.0. The van der Waals surface area contributed by atoms with E-state index in [1.807, 2.05) is 12.1 Å². The van der Waals surface area contributed by atoms with Crippen LogP contribution in [0.2, 0.25) is 0 Å². The second-order valence-electron chi connectivity index (χ2n) is 19.3. The van der Waals surface area contributed by atoms with Gasteiger partial charge in [-0.3, -0.25) is 4.90 Å². The molecule has 0 amide bonds. The second-order valence-corrected chi connectivity index (χ2v) is 19.3. The van der Waals surface area contributed by atoms with E-state index >= 15 is 0 Å². The first kappa shape index (κ1) is 35.5. The number of fused-ring (bicyclic) bond motifs is 7. The fourth-order valence-electron chi connectivity index (χ4n) is 14.1. The van der Waals surface area contributed by atoms with E-state index in [-0.39, 0.29) is 10.8 Å². The number of nitrogens with one attached hydrogen (secondary N) is 1. The van der Waals surface area contributed by atoms with Crippen molar-refractivity contribution in [3.05, 3.63) is 53.6 Å². The lowest BCUT2D eigenvalue weighted by atomic mass is 9.32. The van der Waals surface area contributed by atoms with Crippen LogP contribution >= 0.6 is 0 Å². The van der Waals surface area contributed by atoms with Crippen molar-refractivity contribution < 1.29 is 9.90 Å². The Balaban J connectivity index is 1.13. The van der Waals surface area contributed by atoms with Crippen LogP contribution in [0.1, 0.15) is 115 Å². The Hall–Kier alpha value is -1.95. The smallest absolute Gasteiger partial charge is 0.335 e. The van der Waals surface area contributed by atoms with Crippen LogP contribution in [-0.2, 0) is 0 Å². The summed E-state index contributed by atoms with van der Waals surface area (Å²) in [5.41, 5.74) is 5.88. The van der Waals surface area contributed by atoms with Crippen molar-refractivity contribution in [3.63, 3.8) is 0 Å². The summed E-state index contributed by atoms with van der Waals surface area (Å²) in [5.74, 6) is 2.71. The van der Waals surface area contributed by atoms with Gasteiger partial charge in [-0.25, -0.2) is 4.79 Å². The van der Waals surface area contributed by atoms with E-state index in [1.165, 1.54) is 107 Å². The first-order chi connectivity index (χ1) is 23.2. The van der Waals surface area contributed by atoms with E-state index in [9.17, 15) is 9.90 Å². The van der Waals surface area contributed by atoms with Crippen LogP contribution in [0.3, 0.4) is 0 Å². The molecule has 7 rings (SSSR count). The Kier molecular flexibility index (Phi) is 9.13.